The lowest BCUT2D eigenvalue weighted by molar-refractivity contribution is -0.116. The van der Waals surface area contributed by atoms with Crippen LogP contribution >= 0.6 is 7.59 Å². The second kappa shape index (κ2) is 12.0. The van der Waals surface area contributed by atoms with Crippen molar-refractivity contribution in [3.05, 3.63) is 52.7 Å². The molecular formula is C26H37N4O5P. The zero-order chi connectivity index (χ0) is 24.8. The number of allylic oxidation sites excluding steroid dienone is 1. The Balaban J connectivity index is 1.50. The number of hydrogen-bond donors (Lipinski definition) is 1. The normalized spacial score (nSPS) is 24.2. The summed E-state index contributed by atoms with van der Waals surface area (Å²) in [5.41, 5.74) is 3.99. The third-order valence-electron chi connectivity index (χ3n) is 7.19. The number of nitrogens with one attached hydrogen (secondary N) is 1. The monoisotopic (exact) mass is 516 g/mol. The van der Waals surface area contributed by atoms with Crippen molar-refractivity contribution in [3.8, 4) is 0 Å². The van der Waals surface area contributed by atoms with E-state index >= 15 is 0 Å². The predicted octanol–water partition coefficient (Wildman–Crippen LogP) is 2.73. The van der Waals surface area contributed by atoms with Crippen LogP contribution in [0.5, 0.6) is 0 Å². The largest absolute Gasteiger partial charge is 0.379 e. The summed E-state index contributed by atoms with van der Waals surface area (Å²) in [4.78, 5) is 16.3. The van der Waals surface area contributed by atoms with Crippen molar-refractivity contribution in [1.29, 1.82) is 0 Å². The number of benzene rings is 1. The molecule has 0 aromatic heterocycles. The lowest BCUT2D eigenvalue weighted by Crippen LogP contribution is -2.48. The molecule has 36 heavy (non-hydrogen) atoms. The molecule has 0 saturated carbocycles. The minimum Gasteiger partial charge on any atom is -0.379 e. The molecule has 0 bridgehead atoms. The fraction of sp³-hybridized carbons (Fsp3) is 0.577. The topological polar surface area (TPSA) is 83.6 Å². The van der Waals surface area contributed by atoms with Gasteiger partial charge in [0.1, 0.15) is 0 Å². The Morgan fingerprint density at radius 2 is 1.36 bits per heavy atom. The highest BCUT2D eigenvalue weighted by Gasteiger charge is 2.42. The van der Waals surface area contributed by atoms with Gasteiger partial charge in [0, 0.05) is 50.5 Å². The van der Waals surface area contributed by atoms with E-state index in [9.17, 15) is 9.36 Å². The van der Waals surface area contributed by atoms with Gasteiger partial charge in [-0.25, -0.2) is 9.34 Å². The quantitative estimate of drug-likeness (QED) is 0.578. The van der Waals surface area contributed by atoms with Gasteiger partial charge in [0.05, 0.1) is 39.6 Å². The standard InChI is InChI=1S/C26H37N4O5P/c31-26(27-36(32,29-11-17-34-18-12-29)30-13-19-35-20-14-30)24-8-4-7-23(21-22-5-2-1-3-6-22)25(24)28-9-15-33-16-10-28/h1-3,5-6,21H,4,7-20H2,(H,27,31,32). The van der Waals surface area contributed by atoms with Crippen LogP contribution in [-0.4, -0.2) is 99.1 Å². The van der Waals surface area contributed by atoms with Crippen LogP contribution in [-0.2, 0) is 23.6 Å². The second-order valence-electron chi connectivity index (χ2n) is 9.48. The highest BCUT2D eigenvalue weighted by molar-refractivity contribution is 7.57. The number of morpholine rings is 3. The summed E-state index contributed by atoms with van der Waals surface area (Å²) in [7, 11) is -3.34. The molecule has 0 spiro atoms. The molecule has 0 unspecified atom stereocenters. The zero-order valence-electron chi connectivity index (χ0n) is 20.9. The van der Waals surface area contributed by atoms with Gasteiger partial charge in [-0.05, 0) is 36.5 Å². The number of amides is 1. The second-order valence-corrected chi connectivity index (χ2v) is 11.9. The molecule has 1 N–H and O–H groups in total. The maximum Gasteiger partial charge on any atom is 0.311 e. The molecule has 9 nitrogen and oxygen atoms in total. The molecule has 196 valence electrons. The molecule has 1 aliphatic carbocycles. The van der Waals surface area contributed by atoms with E-state index < -0.39 is 7.59 Å². The number of rotatable bonds is 6. The first kappa shape index (κ1) is 25.6. The minimum atomic E-state index is -3.34. The number of hydrogen-bond acceptors (Lipinski definition) is 6. The summed E-state index contributed by atoms with van der Waals surface area (Å²) in [5.74, 6) is -0.225. The van der Waals surface area contributed by atoms with Gasteiger partial charge in [-0.3, -0.25) is 14.4 Å². The van der Waals surface area contributed by atoms with Gasteiger partial charge in [0.2, 0.25) is 0 Å². The van der Waals surface area contributed by atoms with Crippen LogP contribution in [0.1, 0.15) is 24.8 Å². The lowest BCUT2D eigenvalue weighted by Gasteiger charge is -2.42. The van der Waals surface area contributed by atoms with Gasteiger partial charge in [-0.2, -0.15) is 0 Å². The van der Waals surface area contributed by atoms with E-state index in [0.717, 1.165) is 48.3 Å². The average Bonchev–Trinajstić information content (AvgIpc) is 2.95. The molecule has 3 aliphatic heterocycles. The number of carbonyl (C=O) groups is 1. The predicted molar refractivity (Wildman–Crippen MR) is 138 cm³/mol. The molecule has 10 heteroatoms. The molecule has 0 atom stereocenters. The van der Waals surface area contributed by atoms with Crippen LogP contribution in [0.15, 0.2) is 47.2 Å². The minimum absolute atomic E-state index is 0.225. The Morgan fingerprint density at radius 1 is 0.806 bits per heavy atom. The first-order valence-corrected chi connectivity index (χ1v) is 14.7. The van der Waals surface area contributed by atoms with Crippen LogP contribution in [0.4, 0.5) is 0 Å². The van der Waals surface area contributed by atoms with E-state index in [-0.39, 0.29) is 5.91 Å². The molecule has 3 saturated heterocycles. The van der Waals surface area contributed by atoms with Gasteiger partial charge in [0.15, 0.2) is 0 Å². The van der Waals surface area contributed by atoms with E-state index in [4.69, 9.17) is 14.2 Å². The van der Waals surface area contributed by atoms with E-state index in [1.54, 1.807) is 0 Å². The number of ether oxygens (including phenoxy) is 3. The third-order valence-corrected chi connectivity index (χ3v) is 10.0. The fourth-order valence-corrected chi connectivity index (χ4v) is 7.80. The van der Waals surface area contributed by atoms with E-state index in [0.29, 0.717) is 72.2 Å². The molecule has 4 aliphatic rings. The van der Waals surface area contributed by atoms with Gasteiger partial charge in [-0.1, -0.05) is 30.3 Å². The Labute approximate surface area is 213 Å². The van der Waals surface area contributed by atoms with Crippen molar-refractivity contribution < 1.29 is 23.6 Å². The van der Waals surface area contributed by atoms with Crippen molar-refractivity contribution >= 4 is 19.6 Å². The van der Waals surface area contributed by atoms with Gasteiger partial charge in [0.25, 0.3) is 5.91 Å². The summed E-state index contributed by atoms with van der Waals surface area (Å²) in [6, 6.07) is 10.2. The van der Waals surface area contributed by atoms with Crippen molar-refractivity contribution in [3.63, 3.8) is 0 Å². The van der Waals surface area contributed by atoms with Crippen LogP contribution in [0.2, 0.25) is 0 Å². The van der Waals surface area contributed by atoms with Crippen molar-refractivity contribution in [2.75, 3.05) is 78.9 Å². The summed E-state index contributed by atoms with van der Waals surface area (Å²) in [5, 5.41) is 3.07. The van der Waals surface area contributed by atoms with Gasteiger partial charge >= 0.3 is 7.59 Å². The van der Waals surface area contributed by atoms with Crippen molar-refractivity contribution in [2.24, 2.45) is 0 Å². The highest BCUT2D eigenvalue weighted by Crippen LogP contribution is 2.50. The van der Waals surface area contributed by atoms with Crippen LogP contribution in [0.3, 0.4) is 0 Å². The first-order valence-electron chi connectivity index (χ1n) is 13.1. The molecule has 5 rings (SSSR count). The van der Waals surface area contributed by atoms with Crippen molar-refractivity contribution in [2.45, 2.75) is 19.3 Å². The molecule has 3 fully saturated rings. The van der Waals surface area contributed by atoms with E-state index in [1.165, 1.54) is 0 Å². The van der Waals surface area contributed by atoms with Gasteiger partial charge < -0.3 is 19.1 Å². The third kappa shape index (κ3) is 5.77. The first-order chi connectivity index (χ1) is 17.6. The van der Waals surface area contributed by atoms with Gasteiger partial charge in [-0.15, -0.1) is 0 Å². The fourth-order valence-electron chi connectivity index (χ4n) is 5.35. The number of nitrogens with zero attached hydrogens (tertiary/aromatic N) is 3. The Morgan fingerprint density at radius 3 is 1.94 bits per heavy atom. The molecule has 1 aromatic rings. The Hall–Kier alpha value is -2.00. The Kier molecular flexibility index (Phi) is 8.57. The maximum atomic E-state index is 14.6. The molecule has 3 heterocycles. The number of carbonyl (C=O) groups excluding carboxylic acids is 1. The average molecular weight is 517 g/mol. The SMILES string of the molecule is O=C(NP(=O)(N1CCOCC1)N1CCOCC1)C1=C(N2CCOCC2)C(=Cc2ccccc2)CCC1. The maximum absolute atomic E-state index is 14.6. The molecule has 0 radical (unpaired) electrons. The van der Waals surface area contributed by atoms with Crippen LogP contribution < -0.4 is 5.09 Å². The molecule has 1 aromatic carbocycles. The Bertz CT molecular complexity index is 990. The van der Waals surface area contributed by atoms with Crippen molar-refractivity contribution in [1.82, 2.24) is 19.3 Å². The van der Waals surface area contributed by atoms with Crippen LogP contribution in [0, 0.1) is 0 Å². The summed E-state index contributed by atoms with van der Waals surface area (Å²) < 4.78 is 35.0. The summed E-state index contributed by atoms with van der Waals surface area (Å²) >= 11 is 0. The smallest absolute Gasteiger partial charge is 0.311 e. The highest BCUT2D eigenvalue weighted by atomic mass is 31.2. The van der Waals surface area contributed by atoms with Crippen LogP contribution in [0.25, 0.3) is 6.08 Å². The van der Waals surface area contributed by atoms with E-state index in [2.05, 4.69) is 28.2 Å². The molecular weight excluding hydrogens is 479 g/mol. The zero-order valence-corrected chi connectivity index (χ0v) is 21.8. The molecule has 1 amide bonds. The lowest BCUT2D eigenvalue weighted by atomic mass is 9.89. The summed E-state index contributed by atoms with van der Waals surface area (Å²) in [6.07, 6.45) is 4.65. The summed E-state index contributed by atoms with van der Waals surface area (Å²) in [6.45, 7) is 6.91. The van der Waals surface area contributed by atoms with E-state index in [1.807, 2.05) is 27.5 Å².